The molecule has 0 aliphatic carbocycles. The predicted molar refractivity (Wildman–Crippen MR) is 91.8 cm³/mol. The van der Waals surface area contributed by atoms with Crippen molar-refractivity contribution < 1.29 is 8.96 Å². The Hall–Kier alpha value is -2.74. The highest BCUT2D eigenvalue weighted by Gasteiger charge is 2.12. The van der Waals surface area contributed by atoms with Gasteiger partial charge in [-0.05, 0) is 29.8 Å². The third-order valence-corrected chi connectivity index (χ3v) is 4.31. The van der Waals surface area contributed by atoms with Crippen LogP contribution in [0.3, 0.4) is 0 Å². The van der Waals surface area contributed by atoms with Gasteiger partial charge in [0.05, 0.1) is 5.39 Å². The molecule has 0 aliphatic rings. The molecule has 0 spiro atoms. The summed E-state index contributed by atoms with van der Waals surface area (Å²) in [5.74, 6) is -0.183. The number of halogens is 1. The number of nitrogens with zero attached hydrogens (tertiary/aromatic N) is 1. The second kappa shape index (κ2) is 5.81. The first kappa shape index (κ1) is 13.9. The summed E-state index contributed by atoms with van der Waals surface area (Å²) >= 11 is 0. The standard InChI is InChI=1S/C21H17FN/c22-18-11-9-16(10-12-18)13-14-23-15-17-5-1-2-6-19(17)20-7-3-4-8-21(20)23/h1-12,15H,13-14H2/q+1. The first-order valence-electron chi connectivity index (χ1n) is 7.86. The average molecular weight is 302 g/mol. The molecule has 1 aromatic heterocycles. The maximum absolute atomic E-state index is 13.0. The van der Waals surface area contributed by atoms with Crippen molar-refractivity contribution in [3.63, 3.8) is 0 Å². The Kier molecular flexibility index (Phi) is 3.51. The molecular formula is C21H17FN+. The van der Waals surface area contributed by atoms with Crippen LogP contribution >= 0.6 is 0 Å². The van der Waals surface area contributed by atoms with Gasteiger partial charge in [0.25, 0.3) is 0 Å². The second-order valence-corrected chi connectivity index (χ2v) is 5.80. The van der Waals surface area contributed by atoms with Gasteiger partial charge < -0.3 is 0 Å². The Morgan fingerprint density at radius 3 is 2.26 bits per heavy atom. The summed E-state index contributed by atoms with van der Waals surface area (Å²) in [5.41, 5.74) is 2.38. The van der Waals surface area contributed by atoms with E-state index in [1.54, 1.807) is 0 Å². The fourth-order valence-electron chi connectivity index (χ4n) is 3.13. The molecule has 0 atom stereocenters. The molecule has 0 unspecified atom stereocenters. The molecule has 2 heteroatoms. The molecule has 0 amide bonds. The van der Waals surface area contributed by atoms with Crippen molar-refractivity contribution in [1.82, 2.24) is 0 Å². The number of hydrogen-bond donors (Lipinski definition) is 0. The smallest absolute Gasteiger partial charge is 0.207 e. The molecule has 1 heterocycles. The maximum Gasteiger partial charge on any atom is 0.213 e. The molecule has 0 saturated heterocycles. The van der Waals surface area contributed by atoms with Crippen molar-refractivity contribution >= 4 is 21.7 Å². The Bertz CT molecular complexity index is 974. The number of rotatable bonds is 3. The summed E-state index contributed by atoms with van der Waals surface area (Å²) in [4.78, 5) is 0. The predicted octanol–water partition coefficient (Wildman–Crippen LogP) is 4.66. The lowest BCUT2D eigenvalue weighted by atomic mass is 10.1. The molecule has 0 radical (unpaired) electrons. The van der Waals surface area contributed by atoms with Crippen molar-refractivity contribution in [1.29, 1.82) is 0 Å². The highest BCUT2D eigenvalue weighted by Crippen LogP contribution is 2.22. The Labute approximate surface area is 134 Å². The van der Waals surface area contributed by atoms with Crippen LogP contribution in [0.15, 0.2) is 79.0 Å². The minimum atomic E-state index is -0.183. The van der Waals surface area contributed by atoms with Gasteiger partial charge in [-0.2, -0.15) is 4.57 Å². The normalized spacial score (nSPS) is 11.2. The summed E-state index contributed by atoms with van der Waals surface area (Å²) in [5, 5.41) is 3.79. The topological polar surface area (TPSA) is 3.88 Å². The summed E-state index contributed by atoms with van der Waals surface area (Å²) in [6.07, 6.45) is 3.09. The van der Waals surface area contributed by atoms with Gasteiger partial charge in [0, 0.05) is 23.3 Å². The minimum absolute atomic E-state index is 0.183. The largest absolute Gasteiger partial charge is 0.213 e. The molecule has 112 valence electrons. The van der Waals surface area contributed by atoms with Crippen LogP contribution in [0.2, 0.25) is 0 Å². The van der Waals surface area contributed by atoms with Crippen molar-refractivity contribution in [3.8, 4) is 0 Å². The molecule has 3 aromatic carbocycles. The van der Waals surface area contributed by atoms with Crippen LogP contribution in [0.5, 0.6) is 0 Å². The first-order chi connectivity index (χ1) is 11.3. The molecule has 1 nitrogen and oxygen atoms in total. The zero-order valence-corrected chi connectivity index (χ0v) is 12.7. The number of pyridine rings is 1. The molecule has 4 rings (SSSR count). The summed E-state index contributed by atoms with van der Waals surface area (Å²) in [6.45, 7) is 0.872. The highest BCUT2D eigenvalue weighted by molar-refractivity contribution is 6.03. The number of para-hydroxylation sites is 1. The van der Waals surface area contributed by atoms with Crippen molar-refractivity contribution in [2.24, 2.45) is 0 Å². The van der Waals surface area contributed by atoms with E-state index in [0.29, 0.717) is 0 Å². The van der Waals surface area contributed by atoms with Gasteiger partial charge in [-0.3, -0.25) is 0 Å². The van der Waals surface area contributed by atoms with E-state index < -0.39 is 0 Å². The minimum Gasteiger partial charge on any atom is -0.207 e. The van der Waals surface area contributed by atoms with Crippen LogP contribution in [0.1, 0.15) is 5.56 Å². The van der Waals surface area contributed by atoms with E-state index in [1.165, 1.54) is 33.8 Å². The van der Waals surface area contributed by atoms with Gasteiger partial charge in [0.2, 0.25) is 5.52 Å². The van der Waals surface area contributed by atoms with Crippen LogP contribution in [0.4, 0.5) is 4.39 Å². The van der Waals surface area contributed by atoms with E-state index >= 15 is 0 Å². The molecule has 0 bridgehead atoms. The fourth-order valence-corrected chi connectivity index (χ4v) is 3.13. The van der Waals surface area contributed by atoms with E-state index in [0.717, 1.165) is 18.5 Å². The Balaban J connectivity index is 1.77. The zero-order chi connectivity index (χ0) is 15.6. The first-order valence-corrected chi connectivity index (χ1v) is 7.86. The lowest BCUT2D eigenvalue weighted by molar-refractivity contribution is -0.669. The SMILES string of the molecule is Fc1ccc(CC[n+]2cc3ccccc3c3ccccc32)cc1. The van der Waals surface area contributed by atoms with Gasteiger partial charge in [0.1, 0.15) is 5.82 Å². The van der Waals surface area contributed by atoms with E-state index in [9.17, 15) is 4.39 Å². The third kappa shape index (κ3) is 2.68. The van der Waals surface area contributed by atoms with Crippen LogP contribution in [0, 0.1) is 5.82 Å². The molecule has 23 heavy (non-hydrogen) atoms. The van der Waals surface area contributed by atoms with E-state index in [1.807, 2.05) is 12.1 Å². The van der Waals surface area contributed by atoms with Crippen LogP contribution in [-0.2, 0) is 13.0 Å². The Morgan fingerprint density at radius 1 is 0.739 bits per heavy atom. The van der Waals surface area contributed by atoms with Gasteiger partial charge in [-0.25, -0.2) is 4.39 Å². The lowest BCUT2D eigenvalue weighted by Crippen LogP contribution is -2.35. The monoisotopic (exact) mass is 302 g/mol. The zero-order valence-electron chi connectivity index (χ0n) is 12.7. The van der Waals surface area contributed by atoms with E-state index in [-0.39, 0.29) is 5.82 Å². The number of fused-ring (bicyclic) bond motifs is 3. The fraction of sp³-hybridized carbons (Fsp3) is 0.0952. The summed E-state index contributed by atoms with van der Waals surface area (Å²) in [7, 11) is 0. The number of hydrogen-bond acceptors (Lipinski definition) is 0. The maximum atomic E-state index is 13.0. The van der Waals surface area contributed by atoms with E-state index in [2.05, 4.69) is 59.3 Å². The van der Waals surface area contributed by atoms with Gasteiger partial charge in [-0.1, -0.05) is 42.5 Å². The molecular weight excluding hydrogens is 285 g/mol. The van der Waals surface area contributed by atoms with E-state index in [4.69, 9.17) is 0 Å². The average Bonchev–Trinajstić information content (AvgIpc) is 2.61. The molecule has 0 saturated carbocycles. The van der Waals surface area contributed by atoms with Crippen LogP contribution in [-0.4, -0.2) is 0 Å². The summed E-state index contributed by atoms with van der Waals surface area (Å²) in [6, 6.07) is 23.7. The Morgan fingerprint density at radius 2 is 1.43 bits per heavy atom. The quantitative estimate of drug-likeness (QED) is 0.383. The number of benzene rings is 3. The van der Waals surface area contributed by atoms with Crippen molar-refractivity contribution in [3.05, 3.63) is 90.4 Å². The van der Waals surface area contributed by atoms with Gasteiger partial charge in [-0.15, -0.1) is 0 Å². The number of aromatic nitrogens is 1. The van der Waals surface area contributed by atoms with Crippen LogP contribution in [0.25, 0.3) is 21.7 Å². The highest BCUT2D eigenvalue weighted by atomic mass is 19.1. The lowest BCUT2D eigenvalue weighted by Gasteiger charge is -2.06. The van der Waals surface area contributed by atoms with Gasteiger partial charge in [0.15, 0.2) is 12.7 Å². The van der Waals surface area contributed by atoms with Crippen LogP contribution < -0.4 is 4.57 Å². The molecule has 0 fully saturated rings. The number of aryl methyl sites for hydroxylation is 2. The third-order valence-electron chi connectivity index (χ3n) is 4.31. The summed E-state index contributed by atoms with van der Waals surface area (Å²) < 4.78 is 15.3. The molecule has 0 aliphatic heterocycles. The molecule has 0 N–H and O–H groups in total. The molecule has 4 aromatic rings. The second-order valence-electron chi connectivity index (χ2n) is 5.80. The van der Waals surface area contributed by atoms with Gasteiger partial charge >= 0.3 is 0 Å². The van der Waals surface area contributed by atoms with Crippen molar-refractivity contribution in [2.75, 3.05) is 0 Å². The van der Waals surface area contributed by atoms with Crippen molar-refractivity contribution in [2.45, 2.75) is 13.0 Å².